The average Bonchev–Trinajstić information content (AvgIpc) is 2.35. The minimum absolute atomic E-state index is 0.417. The number of hydrogen-bond donors (Lipinski definition) is 4. The first-order valence-electron chi connectivity index (χ1n) is 5.87. The maximum atomic E-state index is 11.6. The Balaban J connectivity index is 4.21. The molecule has 0 aliphatic carbocycles. The Labute approximate surface area is 116 Å². The molecule has 0 aliphatic rings. The number of nitrogens with two attached hydrogens (primary N) is 1. The van der Waals surface area contributed by atoms with Crippen LogP contribution in [-0.2, 0) is 14.4 Å². The van der Waals surface area contributed by atoms with E-state index in [1.807, 2.05) is 6.26 Å². The largest absolute Gasteiger partial charge is 0.480 e. The molecule has 0 heterocycles. The van der Waals surface area contributed by atoms with Gasteiger partial charge in [0.1, 0.15) is 12.1 Å². The molecular weight excluding hydrogens is 270 g/mol. The van der Waals surface area contributed by atoms with Crippen LogP contribution in [-0.4, -0.2) is 53.0 Å². The molecular formula is C11H21N3O4S. The molecule has 2 amide bonds. The van der Waals surface area contributed by atoms with Crippen molar-refractivity contribution in [3.63, 3.8) is 0 Å². The van der Waals surface area contributed by atoms with Crippen molar-refractivity contribution >= 4 is 29.5 Å². The molecule has 0 aliphatic heterocycles. The van der Waals surface area contributed by atoms with E-state index in [4.69, 9.17) is 10.8 Å². The molecule has 19 heavy (non-hydrogen) atoms. The number of carboxylic acids is 1. The van der Waals surface area contributed by atoms with Crippen LogP contribution < -0.4 is 16.4 Å². The zero-order valence-electron chi connectivity index (χ0n) is 11.3. The molecule has 3 unspecified atom stereocenters. The van der Waals surface area contributed by atoms with Gasteiger partial charge in [-0.25, -0.2) is 0 Å². The Morgan fingerprint density at radius 3 is 2.16 bits per heavy atom. The molecule has 5 N–H and O–H groups in total. The average molecular weight is 291 g/mol. The number of amides is 2. The fourth-order valence-corrected chi connectivity index (χ4v) is 1.65. The van der Waals surface area contributed by atoms with Crippen molar-refractivity contribution in [3.8, 4) is 0 Å². The number of carbonyl (C=O) groups excluding carboxylic acids is 2. The van der Waals surface area contributed by atoms with E-state index in [1.165, 1.54) is 13.8 Å². The first-order valence-corrected chi connectivity index (χ1v) is 7.27. The predicted octanol–water partition coefficient (Wildman–Crippen LogP) is -0.839. The lowest BCUT2D eigenvalue weighted by Crippen LogP contribution is -2.52. The van der Waals surface area contributed by atoms with Crippen molar-refractivity contribution in [1.82, 2.24) is 10.6 Å². The van der Waals surface area contributed by atoms with Crippen LogP contribution >= 0.6 is 11.8 Å². The third kappa shape index (κ3) is 7.02. The van der Waals surface area contributed by atoms with Crippen LogP contribution in [0.3, 0.4) is 0 Å². The smallest absolute Gasteiger partial charge is 0.325 e. The van der Waals surface area contributed by atoms with Gasteiger partial charge in [-0.1, -0.05) is 0 Å². The van der Waals surface area contributed by atoms with Crippen LogP contribution in [0.25, 0.3) is 0 Å². The molecule has 0 aromatic rings. The molecule has 8 heteroatoms. The van der Waals surface area contributed by atoms with Crippen LogP contribution in [0.5, 0.6) is 0 Å². The quantitative estimate of drug-likeness (QED) is 0.463. The molecule has 0 rings (SSSR count). The Kier molecular flexibility index (Phi) is 8.17. The second-order valence-electron chi connectivity index (χ2n) is 4.19. The van der Waals surface area contributed by atoms with Gasteiger partial charge in [0, 0.05) is 0 Å². The van der Waals surface area contributed by atoms with Crippen molar-refractivity contribution in [2.75, 3.05) is 12.0 Å². The van der Waals surface area contributed by atoms with Crippen molar-refractivity contribution in [3.05, 3.63) is 0 Å². The zero-order chi connectivity index (χ0) is 15.0. The van der Waals surface area contributed by atoms with Gasteiger partial charge >= 0.3 is 5.97 Å². The summed E-state index contributed by atoms with van der Waals surface area (Å²) in [6.45, 7) is 2.82. The van der Waals surface area contributed by atoms with Crippen molar-refractivity contribution in [1.29, 1.82) is 0 Å². The standard InChI is InChI=1S/C11H21N3O4S/c1-6(9(15)14-7(2)11(17)18)13-10(16)8(12)4-5-19-3/h6-8H,4-5,12H2,1-3H3,(H,13,16)(H,14,15)(H,17,18). The van der Waals surface area contributed by atoms with E-state index in [9.17, 15) is 14.4 Å². The van der Waals surface area contributed by atoms with E-state index in [-0.39, 0.29) is 0 Å². The number of aliphatic carboxylic acids is 1. The summed E-state index contributed by atoms with van der Waals surface area (Å²) in [6, 6.07) is -2.49. The molecule has 0 aromatic heterocycles. The summed E-state index contributed by atoms with van der Waals surface area (Å²) in [6.07, 6.45) is 2.43. The predicted molar refractivity (Wildman–Crippen MR) is 73.8 cm³/mol. The highest BCUT2D eigenvalue weighted by Crippen LogP contribution is 1.99. The van der Waals surface area contributed by atoms with Crippen molar-refractivity contribution in [2.24, 2.45) is 5.73 Å². The van der Waals surface area contributed by atoms with Gasteiger partial charge in [-0.15, -0.1) is 0 Å². The summed E-state index contributed by atoms with van der Waals surface area (Å²) in [4.78, 5) is 33.8. The Morgan fingerprint density at radius 1 is 1.16 bits per heavy atom. The summed E-state index contributed by atoms with van der Waals surface area (Å²) in [5.74, 6) is -1.35. The molecule has 0 aromatic carbocycles. The molecule has 0 fully saturated rings. The molecule has 7 nitrogen and oxygen atoms in total. The van der Waals surface area contributed by atoms with Crippen LogP contribution in [0.15, 0.2) is 0 Å². The highest BCUT2D eigenvalue weighted by Gasteiger charge is 2.22. The van der Waals surface area contributed by atoms with Crippen LogP contribution in [0.1, 0.15) is 20.3 Å². The van der Waals surface area contributed by atoms with Crippen LogP contribution in [0, 0.1) is 0 Å². The second kappa shape index (κ2) is 8.76. The number of carboxylic acid groups (broad SMARTS) is 1. The lowest BCUT2D eigenvalue weighted by Gasteiger charge is -2.18. The lowest BCUT2D eigenvalue weighted by atomic mass is 10.2. The topological polar surface area (TPSA) is 122 Å². The minimum Gasteiger partial charge on any atom is -0.480 e. The summed E-state index contributed by atoms with van der Waals surface area (Å²) < 4.78 is 0. The van der Waals surface area contributed by atoms with Gasteiger partial charge in [0.2, 0.25) is 11.8 Å². The SMILES string of the molecule is CSCCC(N)C(=O)NC(C)C(=O)NC(C)C(=O)O. The van der Waals surface area contributed by atoms with Crippen molar-refractivity contribution in [2.45, 2.75) is 38.4 Å². The molecule has 0 spiro atoms. The maximum absolute atomic E-state index is 11.6. The van der Waals surface area contributed by atoms with E-state index < -0.39 is 35.9 Å². The first-order chi connectivity index (χ1) is 8.79. The highest BCUT2D eigenvalue weighted by molar-refractivity contribution is 7.98. The lowest BCUT2D eigenvalue weighted by molar-refractivity contribution is -0.141. The minimum atomic E-state index is -1.14. The van der Waals surface area contributed by atoms with Gasteiger partial charge in [0.15, 0.2) is 0 Å². The summed E-state index contributed by atoms with van der Waals surface area (Å²) in [5.41, 5.74) is 5.65. The summed E-state index contributed by atoms with van der Waals surface area (Å²) in [5, 5.41) is 13.4. The normalized spacial score (nSPS) is 15.2. The maximum Gasteiger partial charge on any atom is 0.325 e. The fraction of sp³-hybridized carbons (Fsp3) is 0.727. The zero-order valence-corrected chi connectivity index (χ0v) is 12.1. The molecule has 0 radical (unpaired) electrons. The van der Waals surface area contributed by atoms with E-state index in [2.05, 4.69) is 10.6 Å². The number of hydrogen-bond acceptors (Lipinski definition) is 5. The van der Waals surface area contributed by atoms with Crippen molar-refractivity contribution < 1.29 is 19.5 Å². The number of rotatable bonds is 8. The Hall–Kier alpha value is -1.28. The van der Waals surface area contributed by atoms with Gasteiger partial charge in [0.05, 0.1) is 6.04 Å². The van der Waals surface area contributed by atoms with Gasteiger partial charge in [-0.2, -0.15) is 11.8 Å². The molecule has 3 atom stereocenters. The monoisotopic (exact) mass is 291 g/mol. The molecule has 0 saturated carbocycles. The Morgan fingerprint density at radius 2 is 1.68 bits per heavy atom. The third-order valence-electron chi connectivity index (χ3n) is 2.45. The van der Waals surface area contributed by atoms with E-state index in [0.717, 1.165) is 5.75 Å². The number of carbonyl (C=O) groups is 3. The third-order valence-corrected chi connectivity index (χ3v) is 3.09. The van der Waals surface area contributed by atoms with E-state index >= 15 is 0 Å². The summed E-state index contributed by atoms with van der Waals surface area (Å²) in [7, 11) is 0. The van der Waals surface area contributed by atoms with Gasteiger partial charge in [-0.05, 0) is 32.3 Å². The summed E-state index contributed by atoms with van der Waals surface area (Å²) >= 11 is 1.58. The fourth-order valence-electron chi connectivity index (χ4n) is 1.16. The molecule has 0 bridgehead atoms. The number of nitrogens with one attached hydrogen (secondary N) is 2. The van der Waals surface area contributed by atoms with Gasteiger partial charge in [0.25, 0.3) is 0 Å². The number of thioether (sulfide) groups is 1. The first kappa shape index (κ1) is 17.7. The van der Waals surface area contributed by atoms with Crippen LogP contribution in [0.4, 0.5) is 0 Å². The van der Waals surface area contributed by atoms with Gasteiger partial charge < -0.3 is 21.5 Å². The van der Waals surface area contributed by atoms with Crippen LogP contribution in [0.2, 0.25) is 0 Å². The van der Waals surface area contributed by atoms with Gasteiger partial charge in [-0.3, -0.25) is 14.4 Å². The van der Waals surface area contributed by atoms with E-state index in [1.54, 1.807) is 11.8 Å². The molecule has 110 valence electrons. The highest BCUT2D eigenvalue weighted by atomic mass is 32.2. The second-order valence-corrected chi connectivity index (χ2v) is 5.17. The van der Waals surface area contributed by atoms with E-state index in [0.29, 0.717) is 6.42 Å². The Bertz CT molecular complexity index is 338. The molecule has 0 saturated heterocycles.